The number of pyridine rings is 1. The van der Waals surface area contributed by atoms with Crippen LogP contribution >= 0.6 is 11.6 Å². The van der Waals surface area contributed by atoms with Gasteiger partial charge in [0.1, 0.15) is 11.2 Å². The van der Waals surface area contributed by atoms with Gasteiger partial charge in [0.15, 0.2) is 0 Å². The normalized spacial score (nSPS) is 12.6. The molecule has 0 fully saturated rings. The van der Waals surface area contributed by atoms with Crippen molar-refractivity contribution in [1.82, 2.24) is 4.98 Å². The maximum absolute atomic E-state index is 10.8. The third-order valence-electron chi connectivity index (χ3n) is 3.19. The monoisotopic (exact) mass is 264 g/mol. The fourth-order valence-corrected chi connectivity index (χ4v) is 2.11. The van der Waals surface area contributed by atoms with E-state index in [-0.39, 0.29) is 10.7 Å². The Bertz CT molecular complexity index is 613. The number of fused-ring (bicyclic) bond motifs is 1. The van der Waals surface area contributed by atoms with Gasteiger partial charge in [0, 0.05) is 5.39 Å². The van der Waals surface area contributed by atoms with E-state index in [9.17, 15) is 10.1 Å². The Morgan fingerprint density at radius 3 is 2.83 bits per heavy atom. The molecule has 0 unspecified atom stereocenters. The number of nitro groups is 1. The van der Waals surface area contributed by atoms with Crippen LogP contribution in [0.2, 0.25) is 5.02 Å². The summed E-state index contributed by atoms with van der Waals surface area (Å²) in [5.74, 6) is 0.393. The van der Waals surface area contributed by atoms with Crippen LogP contribution in [0.5, 0.6) is 0 Å². The second-order valence-electron chi connectivity index (χ2n) is 4.30. The highest BCUT2D eigenvalue weighted by atomic mass is 35.5. The number of rotatable bonds is 3. The predicted octanol–water partition coefficient (Wildman–Crippen LogP) is 4.31. The molecule has 0 bridgehead atoms. The van der Waals surface area contributed by atoms with Gasteiger partial charge in [-0.25, -0.2) is 4.98 Å². The number of benzene rings is 1. The molecular weight excluding hydrogens is 252 g/mol. The molecule has 1 aromatic carbocycles. The van der Waals surface area contributed by atoms with Gasteiger partial charge in [-0.15, -0.1) is 0 Å². The SMILES string of the molecule is CC[C@@H](C)c1ccc2ncc([N+](=O)[O-])c(Cl)c2c1. The molecule has 0 aliphatic carbocycles. The molecule has 5 heteroatoms. The molecule has 1 heterocycles. The van der Waals surface area contributed by atoms with Crippen molar-refractivity contribution in [3.8, 4) is 0 Å². The lowest BCUT2D eigenvalue weighted by molar-refractivity contribution is -0.384. The van der Waals surface area contributed by atoms with E-state index in [0.717, 1.165) is 12.0 Å². The van der Waals surface area contributed by atoms with Gasteiger partial charge in [0.25, 0.3) is 0 Å². The van der Waals surface area contributed by atoms with Crippen LogP contribution in [0.15, 0.2) is 24.4 Å². The highest BCUT2D eigenvalue weighted by molar-refractivity contribution is 6.37. The van der Waals surface area contributed by atoms with Crippen LogP contribution in [0.25, 0.3) is 10.9 Å². The van der Waals surface area contributed by atoms with E-state index in [1.807, 2.05) is 18.2 Å². The molecule has 1 aromatic heterocycles. The average Bonchev–Trinajstić information content (AvgIpc) is 2.37. The Morgan fingerprint density at radius 1 is 1.50 bits per heavy atom. The van der Waals surface area contributed by atoms with Crippen molar-refractivity contribution in [2.45, 2.75) is 26.2 Å². The van der Waals surface area contributed by atoms with E-state index in [1.54, 1.807) is 0 Å². The maximum Gasteiger partial charge on any atom is 0.306 e. The highest BCUT2D eigenvalue weighted by Crippen LogP contribution is 2.33. The maximum atomic E-state index is 10.8. The first-order valence-electron chi connectivity index (χ1n) is 5.77. The van der Waals surface area contributed by atoms with Gasteiger partial charge >= 0.3 is 5.69 Å². The van der Waals surface area contributed by atoms with Gasteiger partial charge in [-0.3, -0.25) is 10.1 Å². The van der Waals surface area contributed by atoms with Crippen molar-refractivity contribution in [3.05, 3.63) is 45.1 Å². The molecule has 0 amide bonds. The Balaban J connectivity index is 2.66. The summed E-state index contributed by atoms with van der Waals surface area (Å²) in [7, 11) is 0. The third-order valence-corrected chi connectivity index (χ3v) is 3.58. The number of aromatic nitrogens is 1. The first-order valence-corrected chi connectivity index (χ1v) is 6.15. The summed E-state index contributed by atoms with van der Waals surface area (Å²) in [6.07, 6.45) is 2.21. The highest BCUT2D eigenvalue weighted by Gasteiger charge is 2.16. The molecule has 94 valence electrons. The van der Waals surface area contributed by atoms with Crippen LogP contribution in [0.3, 0.4) is 0 Å². The van der Waals surface area contributed by atoms with Crippen molar-refractivity contribution >= 4 is 28.2 Å². The van der Waals surface area contributed by atoms with Gasteiger partial charge in [0.2, 0.25) is 0 Å². The van der Waals surface area contributed by atoms with E-state index >= 15 is 0 Å². The third kappa shape index (κ3) is 2.16. The van der Waals surface area contributed by atoms with Crippen molar-refractivity contribution in [1.29, 1.82) is 0 Å². The van der Waals surface area contributed by atoms with E-state index < -0.39 is 4.92 Å². The molecule has 18 heavy (non-hydrogen) atoms. The first kappa shape index (κ1) is 12.8. The predicted molar refractivity (Wildman–Crippen MR) is 72.1 cm³/mol. The molecular formula is C13H13ClN2O2. The molecule has 4 nitrogen and oxygen atoms in total. The Labute approximate surface area is 110 Å². The standard InChI is InChI=1S/C13H13ClN2O2/c1-3-8(2)9-4-5-11-10(6-9)13(14)12(7-15-11)16(17)18/h4-8H,3H2,1-2H3/t8-/m1/s1. The lowest BCUT2D eigenvalue weighted by Crippen LogP contribution is -1.95. The second kappa shape index (κ2) is 4.90. The van der Waals surface area contributed by atoms with Gasteiger partial charge in [-0.2, -0.15) is 0 Å². The van der Waals surface area contributed by atoms with Crippen molar-refractivity contribution in [2.24, 2.45) is 0 Å². The van der Waals surface area contributed by atoms with Crippen molar-refractivity contribution < 1.29 is 4.92 Å². The summed E-state index contributed by atoms with van der Waals surface area (Å²) in [4.78, 5) is 14.4. The van der Waals surface area contributed by atoms with Crippen LogP contribution in [0.1, 0.15) is 31.7 Å². The Kier molecular flexibility index (Phi) is 3.48. The van der Waals surface area contributed by atoms with Crippen LogP contribution in [0.4, 0.5) is 5.69 Å². The molecule has 0 spiro atoms. The molecule has 0 saturated carbocycles. The van der Waals surface area contributed by atoms with E-state index in [1.165, 1.54) is 6.20 Å². The molecule has 2 aromatic rings. The molecule has 0 aliphatic heterocycles. The van der Waals surface area contributed by atoms with Crippen LogP contribution in [0, 0.1) is 10.1 Å². The van der Waals surface area contributed by atoms with E-state index in [4.69, 9.17) is 11.6 Å². The van der Waals surface area contributed by atoms with Gasteiger partial charge < -0.3 is 0 Å². The summed E-state index contributed by atoms with van der Waals surface area (Å²) >= 11 is 6.07. The van der Waals surface area contributed by atoms with Crippen molar-refractivity contribution in [3.63, 3.8) is 0 Å². The minimum absolute atomic E-state index is 0.148. The lowest BCUT2D eigenvalue weighted by atomic mass is 9.97. The number of hydrogen-bond donors (Lipinski definition) is 0. The molecule has 0 aliphatic rings. The molecule has 0 radical (unpaired) electrons. The second-order valence-corrected chi connectivity index (χ2v) is 4.68. The Hall–Kier alpha value is -1.68. The smallest absolute Gasteiger partial charge is 0.258 e. The van der Waals surface area contributed by atoms with Gasteiger partial charge in [-0.05, 0) is 30.0 Å². The van der Waals surface area contributed by atoms with E-state index in [2.05, 4.69) is 18.8 Å². The zero-order chi connectivity index (χ0) is 13.3. The molecule has 0 N–H and O–H groups in total. The summed E-state index contributed by atoms with van der Waals surface area (Å²) in [6.45, 7) is 4.21. The lowest BCUT2D eigenvalue weighted by Gasteiger charge is -2.10. The summed E-state index contributed by atoms with van der Waals surface area (Å²) in [5.41, 5.74) is 1.65. The first-order chi connectivity index (χ1) is 8.54. The summed E-state index contributed by atoms with van der Waals surface area (Å²) in [5, 5.41) is 11.6. The minimum atomic E-state index is -0.509. The number of halogens is 1. The summed E-state index contributed by atoms with van der Waals surface area (Å²) in [6, 6.07) is 5.74. The summed E-state index contributed by atoms with van der Waals surface area (Å²) < 4.78 is 0. The van der Waals surface area contributed by atoms with Crippen LogP contribution in [-0.2, 0) is 0 Å². The number of hydrogen-bond acceptors (Lipinski definition) is 3. The number of nitrogens with zero attached hydrogens (tertiary/aromatic N) is 2. The van der Waals surface area contributed by atoms with Crippen LogP contribution in [-0.4, -0.2) is 9.91 Å². The zero-order valence-corrected chi connectivity index (χ0v) is 10.9. The molecule has 0 saturated heterocycles. The minimum Gasteiger partial charge on any atom is -0.258 e. The fourth-order valence-electron chi connectivity index (χ4n) is 1.84. The topological polar surface area (TPSA) is 56.0 Å². The largest absolute Gasteiger partial charge is 0.306 e. The van der Waals surface area contributed by atoms with Crippen molar-refractivity contribution in [2.75, 3.05) is 0 Å². The van der Waals surface area contributed by atoms with Gasteiger partial charge in [0.05, 0.1) is 10.4 Å². The molecule has 2 rings (SSSR count). The quantitative estimate of drug-likeness (QED) is 0.613. The molecule has 1 atom stereocenters. The average molecular weight is 265 g/mol. The Morgan fingerprint density at radius 2 is 2.22 bits per heavy atom. The van der Waals surface area contributed by atoms with E-state index in [0.29, 0.717) is 16.8 Å². The van der Waals surface area contributed by atoms with Crippen LogP contribution < -0.4 is 0 Å². The fraction of sp³-hybridized carbons (Fsp3) is 0.308. The zero-order valence-electron chi connectivity index (χ0n) is 10.2. The van der Waals surface area contributed by atoms with Gasteiger partial charge in [-0.1, -0.05) is 31.5 Å².